The maximum Gasteiger partial charge on any atom is 0.389 e. The van der Waals surface area contributed by atoms with Crippen molar-refractivity contribution >= 4 is 0 Å². The summed E-state index contributed by atoms with van der Waals surface area (Å²) in [5, 5.41) is 3.05. The van der Waals surface area contributed by atoms with Crippen molar-refractivity contribution in [1.82, 2.24) is 5.32 Å². The van der Waals surface area contributed by atoms with Crippen molar-refractivity contribution < 1.29 is 22.6 Å². The van der Waals surface area contributed by atoms with Crippen molar-refractivity contribution in [2.45, 2.75) is 25.4 Å². The molecule has 1 aromatic carbocycles. The van der Waals surface area contributed by atoms with Crippen LogP contribution < -0.4 is 14.8 Å². The molecular formula is C14H20F3NO2. The second kappa shape index (κ2) is 8.68. The van der Waals surface area contributed by atoms with Crippen LogP contribution in [0, 0.1) is 0 Å². The molecule has 0 heterocycles. The van der Waals surface area contributed by atoms with E-state index in [9.17, 15) is 13.2 Å². The number of hydrogen-bond donors (Lipinski definition) is 1. The lowest BCUT2D eigenvalue weighted by atomic mass is 10.2. The fourth-order valence-electron chi connectivity index (χ4n) is 1.67. The monoisotopic (exact) mass is 291 g/mol. The summed E-state index contributed by atoms with van der Waals surface area (Å²) in [7, 11) is 1.57. The average molecular weight is 291 g/mol. The molecule has 0 spiro atoms. The minimum atomic E-state index is -4.05. The Morgan fingerprint density at radius 3 is 2.40 bits per heavy atom. The SMILES string of the molecule is COc1ccccc1OCCNCCCCC(F)(F)F. The van der Waals surface area contributed by atoms with Crippen molar-refractivity contribution in [1.29, 1.82) is 0 Å². The normalized spacial score (nSPS) is 11.4. The third-order valence-electron chi connectivity index (χ3n) is 2.67. The van der Waals surface area contributed by atoms with Gasteiger partial charge in [-0.25, -0.2) is 0 Å². The van der Waals surface area contributed by atoms with Crippen LogP contribution in [0.4, 0.5) is 13.2 Å². The summed E-state index contributed by atoms with van der Waals surface area (Å²) < 4.78 is 46.3. The maximum atomic E-state index is 11.9. The third-order valence-corrected chi connectivity index (χ3v) is 2.67. The third kappa shape index (κ3) is 7.23. The van der Waals surface area contributed by atoms with Crippen molar-refractivity contribution in [2.24, 2.45) is 0 Å². The maximum absolute atomic E-state index is 11.9. The van der Waals surface area contributed by atoms with E-state index in [2.05, 4.69) is 5.32 Å². The number of rotatable bonds is 9. The molecule has 0 aliphatic rings. The summed E-state index contributed by atoms with van der Waals surface area (Å²) in [6.45, 7) is 1.59. The molecule has 0 aromatic heterocycles. The second-order valence-electron chi connectivity index (χ2n) is 4.32. The highest BCUT2D eigenvalue weighted by Gasteiger charge is 2.25. The number of para-hydroxylation sites is 2. The first-order chi connectivity index (χ1) is 9.53. The van der Waals surface area contributed by atoms with Crippen molar-refractivity contribution in [3.8, 4) is 11.5 Å². The standard InChI is InChI=1S/C14H20F3NO2/c1-19-12-6-2-3-7-13(12)20-11-10-18-9-5-4-8-14(15,16)17/h2-3,6-7,18H,4-5,8-11H2,1H3. The zero-order chi connectivity index (χ0) is 14.8. The lowest BCUT2D eigenvalue weighted by Gasteiger charge is -2.11. The summed E-state index contributed by atoms with van der Waals surface area (Å²) in [5.74, 6) is 1.33. The summed E-state index contributed by atoms with van der Waals surface area (Å²) in [5.41, 5.74) is 0. The lowest BCUT2D eigenvalue weighted by molar-refractivity contribution is -0.135. The van der Waals surface area contributed by atoms with Crippen LogP contribution in [0.5, 0.6) is 11.5 Å². The lowest BCUT2D eigenvalue weighted by Crippen LogP contribution is -2.22. The Hall–Kier alpha value is -1.43. The van der Waals surface area contributed by atoms with E-state index in [4.69, 9.17) is 9.47 Å². The zero-order valence-electron chi connectivity index (χ0n) is 11.5. The molecule has 0 radical (unpaired) electrons. The number of hydrogen-bond acceptors (Lipinski definition) is 3. The fraction of sp³-hybridized carbons (Fsp3) is 0.571. The average Bonchev–Trinajstić information content (AvgIpc) is 2.41. The Bertz CT molecular complexity index is 383. The highest BCUT2D eigenvalue weighted by Crippen LogP contribution is 2.25. The van der Waals surface area contributed by atoms with Gasteiger partial charge in [0.05, 0.1) is 7.11 Å². The molecule has 0 aliphatic carbocycles. The van der Waals surface area contributed by atoms with Gasteiger partial charge in [-0.2, -0.15) is 13.2 Å². The number of methoxy groups -OCH3 is 1. The van der Waals surface area contributed by atoms with Crippen molar-refractivity contribution in [3.63, 3.8) is 0 Å². The predicted molar refractivity (Wildman–Crippen MR) is 71.3 cm³/mol. The molecule has 1 N–H and O–H groups in total. The van der Waals surface area contributed by atoms with Gasteiger partial charge in [0.1, 0.15) is 6.61 Å². The molecule has 20 heavy (non-hydrogen) atoms. The molecule has 0 atom stereocenters. The molecule has 0 saturated carbocycles. The molecule has 0 bridgehead atoms. The van der Waals surface area contributed by atoms with Crippen LogP contribution in [0.15, 0.2) is 24.3 Å². The number of unbranched alkanes of at least 4 members (excludes halogenated alkanes) is 1. The second-order valence-corrected chi connectivity index (χ2v) is 4.32. The Labute approximate surface area is 117 Å². The van der Waals surface area contributed by atoms with E-state index in [1.54, 1.807) is 13.2 Å². The smallest absolute Gasteiger partial charge is 0.389 e. The van der Waals surface area contributed by atoms with E-state index in [1.807, 2.05) is 18.2 Å². The topological polar surface area (TPSA) is 30.5 Å². The van der Waals surface area contributed by atoms with E-state index in [0.29, 0.717) is 37.6 Å². The first-order valence-corrected chi connectivity index (χ1v) is 6.56. The van der Waals surface area contributed by atoms with Gasteiger partial charge in [0.2, 0.25) is 0 Å². The Kier molecular flexibility index (Phi) is 7.22. The van der Waals surface area contributed by atoms with Crippen LogP contribution in [0.25, 0.3) is 0 Å². The van der Waals surface area contributed by atoms with Gasteiger partial charge in [-0.05, 0) is 31.5 Å². The van der Waals surface area contributed by atoms with Crippen LogP contribution in [0.1, 0.15) is 19.3 Å². The van der Waals surface area contributed by atoms with Gasteiger partial charge < -0.3 is 14.8 Å². The summed E-state index contributed by atoms with van der Waals surface area (Å²) in [6.07, 6.45) is -4.10. The highest BCUT2D eigenvalue weighted by molar-refractivity contribution is 5.39. The minimum Gasteiger partial charge on any atom is -0.493 e. The van der Waals surface area contributed by atoms with Gasteiger partial charge >= 0.3 is 6.18 Å². The molecular weight excluding hydrogens is 271 g/mol. The van der Waals surface area contributed by atoms with Gasteiger partial charge in [-0.3, -0.25) is 0 Å². The van der Waals surface area contributed by atoms with Crippen molar-refractivity contribution in [3.05, 3.63) is 24.3 Å². The van der Waals surface area contributed by atoms with Gasteiger partial charge in [-0.1, -0.05) is 12.1 Å². The van der Waals surface area contributed by atoms with Gasteiger partial charge in [0.25, 0.3) is 0 Å². The molecule has 0 saturated heterocycles. The quantitative estimate of drug-likeness (QED) is 0.707. The summed E-state index contributed by atoms with van der Waals surface area (Å²) >= 11 is 0. The van der Waals surface area contributed by atoms with Crippen molar-refractivity contribution in [2.75, 3.05) is 26.8 Å². The molecule has 0 fully saturated rings. The Morgan fingerprint density at radius 2 is 1.75 bits per heavy atom. The van der Waals surface area contributed by atoms with Crippen LogP contribution >= 0.6 is 0 Å². The number of nitrogens with one attached hydrogen (secondary N) is 1. The van der Waals surface area contributed by atoms with Gasteiger partial charge in [0.15, 0.2) is 11.5 Å². The molecule has 3 nitrogen and oxygen atoms in total. The first-order valence-electron chi connectivity index (χ1n) is 6.56. The highest BCUT2D eigenvalue weighted by atomic mass is 19.4. The Balaban J connectivity index is 2.05. The molecule has 1 aromatic rings. The van der Waals surface area contributed by atoms with Crippen LogP contribution in [-0.2, 0) is 0 Å². The summed E-state index contributed by atoms with van der Waals surface area (Å²) in [4.78, 5) is 0. The molecule has 6 heteroatoms. The first kappa shape index (κ1) is 16.6. The van der Waals surface area contributed by atoms with Crippen LogP contribution in [0.3, 0.4) is 0 Å². The minimum absolute atomic E-state index is 0.157. The van der Waals surface area contributed by atoms with Crippen LogP contribution in [0.2, 0.25) is 0 Å². The van der Waals surface area contributed by atoms with Gasteiger partial charge in [0, 0.05) is 13.0 Å². The molecule has 0 aliphatic heterocycles. The molecule has 0 amide bonds. The zero-order valence-corrected chi connectivity index (χ0v) is 11.5. The van der Waals surface area contributed by atoms with E-state index in [0.717, 1.165) is 0 Å². The number of alkyl halides is 3. The van der Waals surface area contributed by atoms with E-state index in [-0.39, 0.29) is 6.42 Å². The number of halogens is 3. The van der Waals surface area contributed by atoms with E-state index in [1.165, 1.54) is 0 Å². The van der Waals surface area contributed by atoms with E-state index >= 15 is 0 Å². The molecule has 0 unspecified atom stereocenters. The largest absolute Gasteiger partial charge is 0.493 e. The predicted octanol–water partition coefficient (Wildman–Crippen LogP) is 3.40. The Morgan fingerprint density at radius 1 is 1.05 bits per heavy atom. The fourth-order valence-corrected chi connectivity index (χ4v) is 1.67. The number of ether oxygens (including phenoxy) is 2. The van der Waals surface area contributed by atoms with Gasteiger partial charge in [-0.15, -0.1) is 0 Å². The molecule has 1 rings (SSSR count). The van der Waals surface area contributed by atoms with Crippen LogP contribution in [-0.4, -0.2) is 33.0 Å². The summed E-state index contributed by atoms with van der Waals surface area (Å²) in [6, 6.07) is 7.31. The van der Waals surface area contributed by atoms with E-state index < -0.39 is 12.6 Å². The molecule has 114 valence electrons. The number of benzene rings is 1.